The lowest BCUT2D eigenvalue weighted by atomic mass is 10.3. The first-order valence-corrected chi connectivity index (χ1v) is 6.68. The molecule has 3 N–H and O–H groups in total. The Balaban J connectivity index is 2.78. The lowest BCUT2D eigenvalue weighted by Crippen LogP contribution is -2.19. The van der Waals surface area contributed by atoms with Gasteiger partial charge >= 0.3 is 0 Å². The van der Waals surface area contributed by atoms with Gasteiger partial charge in [0.2, 0.25) is 10.0 Å². The highest BCUT2D eigenvalue weighted by Gasteiger charge is 2.11. The maximum Gasteiger partial charge on any atom is 0.232 e. The molecule has 0 aliphatic rings. The van der Waals surface area contributed by atoms with E-state index in [4.69, 9.17) is 10.5 Å². The van der Waals surface area contributed by atoms with Crippen molar-refractivity contribution in [2.24, 2.45) is 5.73 Å². The van der Waals surface area contributed by atoms with Crippen molar-refractivity contribution < 1.29 is 17.5 Å². The second-order valence-electron chi connectivity index (χ2n) is 3.41. The highest BCUT2D eigenvalue weighted by Crippen LogP contribution is 2.21. The van der Waals surface area contributed by atoms with Crippen LogP contribution in [0.5, 0.6) is 5.75 Å². The highest BCUT2D eigenvalue weighted by molar-refractivity contribution is 7.92. The van der Waals surface area contributed by atoms with Crippen molar-refractivity contribution in [3.8, 4) is 5.75 Å². The molecule has 7 heteroatoms. The average molecular weight is 262 g/mol. The van der Waals surface area contributed by atoms with Crippen molar-refractivity contribution >= 4 is 15.7 Å². The summed E-state index contributed by atoms with van der Waals surface area (Å²) >= 11 is 0. The number of anilines is 1. The normalized spacial score (nSPS) is 11.2. The molecular weight excluding hydrogens is 247 g/mol. The zero-order chi connectivity index (χ0) is 12.9. The van der Waals surface area contributed by atoms with Crippen LogP contribution in [0.25, 0.3) is 0 Å². The SMILES string of the molecule is COc1ccc(NS(=O)(=O)CCCN)cc1F. The standard InChI is InChI=1S/C10H15FN2O3S/c1-16-10-4-3-8(7-9(10)11)13-17(14,15)6-2-5-12/h3-4,7,13H,2,5-6,12H2,1H3. The van der Waals surface area contributed by atoms with Gasteiger partial charge in [-0.25, -0.2) is 12.8 Å². The fourth-order valence-electron chi connectivity index (χ4n) is 1.23. The molecule has 0 saturated heterocycles. The summed E-state index contributed by atoms with van der Waals surface area (Å²) in [6, 6.07) is 3.86. The number of nitrogens with one attached hydrogen (secondary N) is 1. The number of nitrogens with two attached hydrogens (primary N) is 1. The summed E-state index contributed by atoms with van der Waals surface area (Å²) in [6.45, 7) is 0.290. The largest absolute Gasteiger partial charge is 0.494 e. The van der Waals surface area contributed by atoms with E-state index < -0.39 is 15.8 Å². The maximum absolute atomic E-state index is 13.3. The zero-order valence-corrected chi connectivity index (χ0v) is 10.3. The number of hydrogen-bond donors (Lipinski definition) is 2. The smallest absolute Gasteiger partial charge is 0.232 e. The van der Waals surface area contributed by atoms with Crippen molar-refractivity contribution in [3.05, 3.63) is 24.0 Å². The Kier molecular flexibility index (Phi) is 4.71. The summed E-state index contributed by atoms with van der Waals surface area (Å²) < 4.78 is 43.3. The van der Waals surface area contributed by atoms with Gasteiger partial charge in [0.1, 0.15) is 0 Å². The molecule has 17 heavy (non-hydrogen) atoms. The van der Waals surface area contributed by atoms with Gasteiger partial charge in [-0.3, -0.25) is 4.72 Å². The van der Waals surface area contributed by atoms with Crippen LogP contribution in [-0.2, 0) is 10.0 Å². The number of methoxy groups -OCH3 is 1. The molecule has 1 rings (SSSR count). The summed E-state index contributed by atoms with van der Waals surface area (Å²) in [4.78, 5) is 0. The summed E-state index contributed by atoms with van der Waals surface area (Å²) in [5, 5.41) is 0. The molecule has 0 saturated carbocycles. The molecule has 0 radical (unpaired) electrons. The Labute approximate surface area is 99.8 Å². The van der Waals surface area contributed by atoms with Crippen molar-refractivity contribution in [1.29, 1.82) is 0 Å². The first-order chi connectivity index (χ1) is 7.98. The van der Waals surface area contributed by atoms with Crippen LogP contribution in [0.3, 0.4) is 0 Å². The van der Waals surface area contributed by atoms with Crippen LogP contribution < -0.4 is 15.2 Å². The third kappa shape index (κ3) is 4.20. The van der Waals surface area contributed by atoms with Gasteiger partial charge in [0.15, 0.2) is 11.6 Å². The molecule has 5 nitrogen and oxygen atoms in total. The third-order valence-electron chi connectivity index (χ3n) is 2.04. The molecule has 0 spiro atoms. The van der Waals surface area contributed by atoms with E-state index in [1.165, 1.54) is 19.2 Å². The van der Waals surface area contributed by atoms with Crippen LogP contribution in [0.1, 0.15) is 6.42 Å². The Morgan fingerprint density at radius 2 is 2.18 bits per heavy atom. The lowest BCUT2D eigenvalue weighted by molar-refractivity contribution is 0.386. The fourth-order valence-corrected chi connectivity index (χ4v) is 2.37. The van der Waals surface area contributed by atoms with Crippen LogP contribution >= 0.6 is 0 Å². The zero-order valence-electron chi connectivity index (χ0n) is 9.44. The Morgan fingerprint density at radius 1 is 1.47 bits per heavy atom. The molecule has 0 aromatic heterocycles. The van der Waals surface area contributed by atoms with E-state index in [9.17, 15) is 12.8 Å². The van der Waals surface area contributed by atoms with Gasteiger partial charge in [-0.05, 0) is 25.1 Å². The third-order valence-corrected chi connectivity index (χ3v) is 3.42. The van der Waals surface area contributed by atoms with Gasteiger partial charge in [-0.15, -0.1) is 0 Å². The molecule has 0 fully saturated rings. The minimum atomic E-state index is -3.47. The summed E-state index contributed by atoms with van der Waals surface area (Å²) in [6.07, 6.45) is 0.355. The van der Waals surface area contributed by atoms with Crippen molar-refractivity contribution in [2.75, 3.05) is 24.1 Å². The number of halogens is 1. The minimum absolute atomic E-state index is 0.0647. The summed E-state index contributed by atoms with van der Waals surface area (Å²) in [7, 11) is -2.13. The first-order valence-electron chi connectivity index (χ1n) is 5.02. The van der Waals surface area contributed by atoms with Gasteiger partial charge in [0, 0.05) is 6.07 Å². The first kappa shape index (κ1) is 13.7. The number of sulfonamides is 1. The molecule has 0 heterocycles. The van der Waals surface area contributed by atoms with Gasteiger partial charge < -0.3 is 10.5 Å². The monoisotopic (exact) mass is 262 g/mol. The predicted octanol–water partition coefficient (Wildman–Crippen LogP) is 0.925. The van der Waals surface area contributed by atoms with E-state index in [1.807, 2.05) is 0 Å². The summed E-state index contributed by atoms with van der Waals surface area (Å²) in [5.74, 6) is -0.640. The van der Waals surface area contributed by atoms with Crippen molar-refractivity contribution in [1.82, 2.24) is 0 Å². The minimum Gasteiger partial charge on any atom is -0.494 e. The molecule has 0 bridgehead atoms. The quantitative estimate of drug-likeness (QED) is 0.799. The molecule has 0 amide bonds. The van der Waals surface area contributed by atoms with Gasteiger partial charge in [0.05, 0.1) is 18.6 Å². The maximum atomic E-state index is 13.3. The molecule has 1 aromatic rings. The van der Waals surface area contributed by atoms with E-state index >= 15 is 0 Å². The van der Waals surface area contributed by atoms with Gasteiger partial charge in [-0.2, -0.15) is 0 Å². The molecule has 0 unspecified atom stereocenters. The number of benzene rings is 1. The molecule has 1 aromatic carbocycles. The van der Waals surface area contributed by atoms with Crippen molar-refractivity contribution in [3.63, 3.8) is 0 Å². The topological polar surface area (TPSA) is 81.4 Å². The number of hydrogen-bond acceptors (Lipinski definition) is 4. The molecule has 0 aliphatic carbocycles. The second-order valence-corrected chi connectivity index (χ2v) is 5.25. The highest BCUT2D eigenvalue weighted by atomic mass is 32.2. The van der Waals surface area contributed by atoms with Gasteiger partial charge in [0.25, 0.3) is 0 Å². The van der Waals surface area contributed by atoms with Gasteiger partial charge in [-0.1, -0.05) is 0 Å². The van der Waals surface area contributed by atoms with Crippen LogP contribution in [0.15, 0.2) is 18.2 Å². The Bertz CT molecular complexity index is 476. The molecule has 0 aliphatic heterocycles. The van der Waals surface area contributed by atoms with E-state index in [2.05, 4.69) is 4.72 Å². The van der Waals surface area contributed by atoms with Crippen molar-refractivity contribution in [2.45, 2.75) is 6.42 Å². The predicted molar refractivity (Wildman–Crippen MR) is 64.0 cm³/mol. The Morgan fingerprint density at radius 3 is 2.71 bits per heavy atom. The molecule has 96 valence electrons. The van der Waals surface area contributed by atoms with Crippen LogP contribution in [0.2, 0.25) is 0 Å². The molecular formula is C10H15FN2O3S. The number of ether oxygens (including phenoxy) is 1. The summed E-state index contributed by atoms with van der Waals surface area (Å²) in [5.41, 5.74) is 5.39. The fraction of sp³-hybridized carbons (Fsp3) is 0.400. The lowest BCUT2D eigenvalue weighted by Gasteiger charge is -2.08. The van der Waals surface area contributed by atoms with E-state index in [0.29, 0.717) is 6.42 Å². The van der Waals surface area contributed by atoms with E-state index in [0.717, 1.165) is 6.07 Å². The second kappa shape index (κ2) is 5.83. The van der Waals surface area contributed by atoms with Crippen LogP contribution in [-0.4, -0.2) is 27.8 Å². The van der Waals surface area contributed by atoms with E-state index in [-0.39, 0.29) is 23.7 Å². The van der Waals surface area contributed by atoms with Crippen LogP contribution in [0, 0.1) is 5.82 Å². The Hall–Kier alpha value is -1.34. The van der Waals surface area contributed by atoms with Crippen LogP contribution in [0.4, 0.5) is 10.1 Å². The average Bonchev–Trinajstić information content (AvgIpc) is 2.26. The van der Waals surface area contributed by atoms with E-state index in [1.54, 1.807) is 0 Å². The number of rotatable bonds is 6. The molecule has 0 atom stereocenters.